The number of hydrogen-bond acceptors (Lipinski definition) is 1. The van der Waals surface area contributed by atoms with Crippen LogP contribution in [0.4, 0.5) is 0 Å². The van der Waals surface area contributed by atoms with Crippen LogP contribution in [0.2, 0.25) is 0 Å². The number of benzene rings is 1. The van der Waals surface area contributed by atoms with E-state index in [2.05, 4.69) is 23.5 Å². The van der Waals surface area contributed by atoms with E-state index in [-0.39, 0.29) is 0 Å². The maximum atomic E-state index is 5.98. The van der Waals surface area contributed by atoms with E-state index < -0.39 is 0 Å². The molecule has 2 aliphatic rings. The highest BCUT2D eigenvalue weighted by molar-refractivity contribution is 6.21. The van der Waals surface area contributed by atoms with Gasteiger partial charge in [-0.15, -0.1) is 11.6 Å². The predicted molar refractivity (Wildman–Crippen MR) is 72.5 cm³/mol. The molecule has 92 valence electrons. The smallest absolute Gasteiger partial charge is 0.0342 e. The molecule has 1 aromatic rings. The Morgan fingerprint density at radius 2 is 2.00 bits per heavy atom. The van der Waals surface area contributed by atoms with Crippen LogP contribution in [0.25, 0.3) is 0 Å². The summed E-state index contributed by atoms with van der Waals surface area (Å²) in [7, 11) is 0. The van der Waals surface area contributed by atoms with Gasteiger partial charge in [-0.25, -0.2) is 0 Å². The molecular weight excluding hydrogens is 230 g/mol. The molecule has 0 aliphatic heterocycles. The minimum atomic E-state index is 0.446. The molecule has 0 radical (unpaired) electrons. The van der Waals surface area contributed by atoms with Gasteiger partial charge in [-0.2, -0.15) is 0 Å². The average Bonchev–Trinajstić information content (AvgIpc) is 2.73. The number of nitrogens with one attached hydrogen (secondary N) is 1. The van der Waals surface area contributed by atoms with Crippen molar-refractivity contribution in [2.24, 2.45) is 5.92 Å². The lowest BCUT2D eigenvalue weighted by atomic mass is 9.85. The maximum absolute atomic E-state index is 5.98. The Morgan fingerprint density at radius 3 is 2.82 bits per heavy atom. The number of alkyl halides is 1. The molecular formula is C15H20ClN. The van der Waals surface area contributed by atoms with Crippen LogP contribution in [0, 0.1) is 5.92 Å². The van der Waals surface area contributed by atoms with Gasteiger partial charge in [0.2, 0.25) is 0 Å². The van der Waals surface area contributed by atoms with Gasteiger partial charge in [0.05, 0.1) is 0 Å². The molecule has 2 aliphatic carbocycles. The fraction of sp³-hybridized carbons (Fsp3) is 0.600. The first-order chi connectivity index (χ1) is 8.31. The van der Waals surface area contributed by atoms with Crippen molar-refractivity contribution in [3.8, 4) is 0 Å². The maximum Gasteiger partial charge on any atom is 0.0342 e. The highest BCUT2D eigenvalue weighted by atomic mass is 35.5. The van der Waals surface area contributed by atoms with Gasteiger partial charge < -0.3 is 5.32 Å². The molecule has 0 bridgehead atoms. The van der Waals surface area contributed by atoms with Crippen molar-refractivity contribution in [2.75, 3.05) is 6.54 Å². The van der Waals surface area contributed by atoms with Gasteiger partial charge in [-0.05, 0) is 61.3 Å². The van der Waals surface area contributed by atoms with Crippen molar-refractivity contribution in [1.29, 1.82) is 0 Å². The van der Waals surface area contributed by atoms with Crippen molar-refractivity contribution in [3.63, 3.8) is 0 Å². The zero-order valence-corrected chi connectivity index (χ0v) is 11.0. The van der Waals surface area contributed by atoms with E-state index in [4.69, 9.17) is 11.6 Å². The van der Waals surface area contributed by atoms with Crippen molar-refractivity contribution >= 4 is 11.6 Å². The third-order valence-electron chi connectivity index (χ3n) is 4.10. The predicted octanol–water partition coefficient (Wildman–Crippen LogP) is 3.28. The second-order valence-corrected chi connectivity index (χ2v) is 6.14. The Hall–Kier alpha value is -0.530. The summed E-state index contributed by atoms with van der Waals surface area (Å²) >= 11 is 5.98. The summed E-state index contributed by atoms with van der Waals surface area (Å²) in [6.07, 6.45) is 6.28. The quantitative estimate of drug-likeness (QED) is 0.808. The first-order valence-electron chi connectivity index (χ1n) is 6.77. The van der Waals surface area contributed by atoms with Gasteiger partial charge >= 0.3 is 0 Å². The standard InChI is InChI=1S/C15H20ClN/c16-15-7-12(8-15)10-17-9-11-4-5-13-2-1-3-14(13)6-11/h4-6,12,15,17H,1-3,7-10H2. The van der Waals surface area contributed by atoms with Gasteiger partial charge in [0.1, 0.15) is 0 Å². The van der Waals surface area contributed by atoms with Crippen LogP contribution in [-0.2, 0) is 19.4 Å². The van der Waals surface area contributed by atoms with E-state index in [1.54, 1.807) is 11.1 Å². The second-order valence-electron chi connectivity index (χ2n) is 5.52. The molecule has 0 spiro atoms. The molecule has 0 amide bonds. The van der Waals surface area contributed by atoms with Gasteiger partial charge in [0, 0.05) is 11.9 Å². The molecule has 0 unspecified atom stereocenters. The Kier molecular flexibility index (Phi) is 3.39. The summed E-state index contributed by atoms with van der Waals surface area (Å²) in [4.78, 5) is 0. The van der Waals surface area contributed by atoms with Crippen LogP contribution >= 0.6 is 11.6 Å². The van der Waals surface area contributed by atoms with Gasteiger partial charge in [-0.3, -0.25) is 0 Å². The topological polar surface area (TPSA) is 12.0 Å². The summed E-state index contributed by atoms with van der Waals surface area (Å²) in [6.45, 7) is 2.14. The number of halogens is 1. The summed E-state index contributed by atoms with van der Waals surface area (Å²) < 4.78 is 0. The Bertz CT molecular complexity index is 396. The van der Waals surface area contributed by atoms with Crippen molar-refractivity contribution in [1.82, 2.24) is 5.32 Å². The van der Waals surface area contributed by atoms with Gasteiger partial charge in [0.25, 0.3) is 0 Å². The second kappa shape index (κ2) is 4.99. The molecule has 1 fully saturated rings. The third kappa shape index (κ3) is 2.66. The Labute approximate surface area is 109 Å². The summed E-state index contributed by atoms with van der Waals surface area (Å²) in [5.74, 6) is 0.812. The third-order valence-corrected chi connectivity index (χ3v) is 4.46. The summed E-state index contributed by atoms with van der Waals surface area (Å²) in [6, 6.07) is 6.99. The lowest BCUT2D eigenvalue weighted by Crippen LogP contribution is -2.33. The van der Waals surface area contributed by atoms with Crippen LogP contribution in [0.15, 0.2) is 18.2 Å². The normalized spacial score (nSPS) is 26.6. The average molecular weight is 250 g/mol. The highest BCUT2D eigenvalue weighted by Crippen LogP contribution is 2.31. The molecule has 17 heavy (non-hydrogen) atoms. The molecule has 0 heterocycles. The molecule has 1 N–H and O–H groups in total. The zero-order valence-electron chi connectivity index (χ0n) is 10.2. The number of aryl methyl sites for hydroxylation is 2. The van der Waals surface area contributed by atoms with Crippen LogP contribution in [0.3, 0.4) is 0 Å². The Balaban J connectivity index is 1.48. The monoisotopic (exact) mass is 249 g/mol. The first-order valence-corrected chi connectivity index (χ1v) is 7.20. The molecule has 3 rings (SSSR count). The lowest BCUT2D eigenvalue weighted by Gasteiger charge is -2.31. The van der Waals surface area contributed by atoms with E-state index in [9.17, 15) is 0 Å². The van der Waals surface area contributed by atoms with Crippen LogP contribution in [0.1, 0.15) is 36.0 Å². The summed E-state index contributed by atoms with van der Waals surface area (Å²) in [5.41, 5.74) is 4.58. The van der Waals surface area contributed by atoms with Crippen LogP contribution < -0.4 is 5.32 Å². The minimum absolute atomic E-state index is 0.446. The molecule has 1 nitrogen and oxygen atoms in total. The molecule has 1 aromatic carbocycles. The molecule has 2 heteroatoms. The molecule has 0 aromatic heterocycles. The van der Waals surface area contributed by atoms with Crippen LogP contribution in [0.5, 0.6) is 0 Å². The van der Waals surface area contributed by atoms with Crippen molar-refractivity contribution in [3.05, 3.63) is 34.9 Å². The molecule has 1 saturated carbocycles. The fourth-order valence-electron chi connectivity index (χ4n) is 2.98. The number of hydrogen-bond donors (Lipinski definition) is 1. The Morgan fingerprint density at radius 1 is 1.18 bits per heavy atom. The van der Waals surface area contributed by atoms with Crippen LogP contribution in [-0.4, -0.2) is 11.9 Å². The van der Waals surface area contributed by atoms with Gasteiger partial charge in [0.15, 0.2) is 0 Å². The highest BCUT2D eigenvalue weighted by Gasteiger charge is 2.26. The minimum Gasteiger partial charge on any atom is -0.312 e. The van der Waals surface area contributed by atoms with E-state index in [1.807, 2.05) is 0 Å². The number of rotatable bonds is 4. The van der Waals surface area contributed by atoms with E-state index in [0.29, 0.717) is 5.38 Å². The van der Waals surface area contributed by atoms with E-state index in [1.165, 1.54) is 37.7 Å². The van der Waals surface area contributed by atoms with E-state index in [0.717, 1.165) is 19.0 Å². The fourth-order valence-corrected chi connectivity index (χ4v) is 3.48. The SMILES string of the molecule is ClC1CC(CNCc2ccc3c(c2)CCC3)C1. The number of fused-ring (bicyclic) bond motifs is 1. The summed E-state index contributed by atoms with van der Waals surface area (Å²) in [5, 5.41) is 4.00. The van der Waals surface area contributed by atoms with Crippen molar-refractivity contribution < 1.29 is 0 Å². The van der Waals surface area contributed by atoms with Gasteiger partial charge in [-0.1, -0.05) is 18.2 Å². The van der Waals surface area contributed by atoms with E-state index >= 15 is 0 Å². The lowest BCUT2D eigenvalue weighted by molar-refractivity contribution is 0.308. The molecule has 0 atom stereocenters. The van der Waals surface area contributed by atoms with Crippen molar-refractivity contribution in [2.45, 2.75) is 44.0 Å². The first kappa shape index (κ1) is 11.6. The molecule has 0 saturated heterocycles. The largest absolute Gasteiger partial charge is 0.312 e. The zero-order chi connectivity index (χ0) is 11.7.